The number of sulfonamides is 1. The number of carbonyl (C=O) groups excluding carboxylic acids is 1. The molecule has 0 bridgehead atoms. The van der Waals surface area contributed by atoms with Gasteiger partial charge in [-0.1, -0.05) is 11.6 Å². The first-order valence-electron chi connectivity index (χ1n) is 7.53. The van der Waals surface area contributed by atoms with E-state index < -0.39 is 20.9 Å². The molecule has 0 spiro atoms. The van der Waals surface area contributed by atoms with E-state index in [0.717, 1.165) is 11.8 Å². The summed E-state index contributed by atoms with van der Waals surface area (Å²) in [5, 5.41) is 13.5. The Kier molecular flexibility index (Phi) is 4.59. The van der Waals surface area contributed by atoms with Gasteiger partial charge in [0.2, 0.25) is 10.0 Å². The van der Waals surface area contributed by atoms with Crippen LogP contribution in [0.2, 0.25) is 5.02 Å². The highest BCUT2D eigenvalue weighted by atomic mass is 35.5. The molecule has 136 valence electrons. The van der Waals surface area contributed by atoms with Crippen LogP contribution in [0, 0.1) is 10.1 Å². The molecule has 2 aromatic rings. The summed E-state index contributed by atoms with van der Waals surface area (Å²) < 4.78 is 24.8. The van der Waals surface area contributed by atoms with Crippen molar-refractivity contribution in [3.8, 4) is 0 Å². The number of benzene rings is 2. The molecule has 0 aromatic heterocycles. The van der Waals surface area contributed by atoms with Crippen LogP contribution in [0.3, 0.4) is 0 Å². The molecule has 8 nitrogen and oxygen atoms in total. The van der Waals surface area contributed by atoms with Gasteiger partial charge in [-0.2, -0.15) is 0 Å². The third kappa shape index (κ3) is 3.49. The molecule has 0 unspecified atom stereocenters. The third-order valence-corrected chi connectivity index (χ3v) is 5.50. The highest BCUT2D eigenvalue weighted by Crippen LogP contribution is 2.31. The van der Waals surface area contributed by atoms with Crippen LogP contribution in [0.25, 0.3) is 0 Å². The summed E-state index contributed by atoms with van der Waals surface area (Å²) in [6.45, 7) is 0.336. The van der Waals surface area contributed by atoms with Crippen molar-refractivity contribution < 1.29 is 18.1 Å². The van der Waals surface area contributed by atoms with Crippen molar-refractivity contribution >= 4 is 44.6 Å². The third-order valence-electron chi connectivity index (χ3n) is 4.00. The average Bonchev–Trinajstić information content (AvgIpc) is 2.99. The number of carbonyl (C=O) groups is 1. The van der Waals surface area contributed by atoms with Crippen LogP contribution in [0.4, 0.5) is 17.1 Å². The van der Waals surface area contributed by atoms with E-state index in [1.165, 1.54) is 28.6 Å². The molecule has 1 aliphatic rings. The predicted molar refractivity (Wildman–Crippen MR) is 98.4 cm³/mol. The van der Waals surface area contributed by atoms with Crippen molar-refractivity contribution in [2.75, 3.05) is 22.4 Å². The van der Waals surface area contributed by atoms with Crippen molar-refractivity contribution in [3.63, 3.8) is 0 Å². The second-order valence-corrected chi connectivity index (χ2v) is 8.12. The van der Waals surface area contributed by atoms with Gasteiger partial charge in [0.1, 0.15) is 5.02 Å². The highest BCUT2D eigenvalue weighted by molar-refractivity contribution is 7.92. The Morgan fingerprint density at radius 3 is 2.65 bits per heavy atom. The number of nitrogens with one attached hydrogen (secondary N) is 1. The van der Waals surface area contributed by atoms with Gasteiger partial charge < -0.3 is 5.32 Å². The zero-order chi connectivity index (χ0) is 19.1. The van der Waals surface area contributed by atoms with Gasteiger partial charge in [0.05, 0.1) is 16.9 Å². The van der Waals surface area contributed by atoms with E-state index >= 15 is 0 Å². The fraction of sp³-hybridized carbons (Fsp3) is 0.188. The molecule has 2 aromatic carbocycles. The zero-order valence-electron chi connectivity index (χ0n) is 13.6. The Bertz CT molecular complexity index is 1020. The molecule has 1 aliphatic heterocycles. The van der Waals surface area contributed by atoms with Crippen LogP contribution in [0.1, 0.15) is 15.9 Å². The number of rotatable bonds is 4. The van der Waals surface area contributed by atoms with E-state index in [4.69, 9.17) is 11.6 Å². The molecule has 0 atom stereocenters. The summed E-state index contributed by atoms with van der Waals surface area (Å²) in [5.41, 5.74) is 1.58. The normalized spacial score (nSPS) is 13.4. The molecule has 0 aliphatic carbocycles. The van der Waals surface area contributed by atoms with Gasteiger partial charge in [-0.15, -0.1) is 0 Å². The Morgan fingerprint density at radius 1 is 1.27 bits per heavy atom. The van der Waals surface area contributed by atoms with E-state index in [1.54, 1.807) is 12.1 Å². The molecule has 0 radical (unpaired) electrons. The molecule has 1 heterocycles. The van der Waals surface area contributed by atoms with Gasteiger partial charge >= 0.3 is 0 Å². The predicted octanol–water partition coefficient (Wildman–Crippen LogP) is 2.82. The molecule has 0 fully saturated rings. The molecule has 1 N–H and O–H groups in total. The fourth-order valence-electron chi connectivity index (χ4n) is 2.79. The lowest BCUT2D eigenvalue weighted by Gasteiger charge is -2.16. The molecule has 10 heteroatoms. The Morgan fingerprint density at radius 2 is 2.00 bits per heavy atom. The van der Waals surface area contributed by atoms with Crippen LogP contribution >= 0.6 is 11.6 Å². The largest absolute Gasteiger partial charge is 0.322 e. The first-order chi connectivity index (χ1) is 12.2. The lowest BCUT2D eigenvalue weighted by molar-refractivity contribution is -0.384. The summed E-state index contributed by atoms with van der Waals surface area (Å²) in [6.07, 6.45) is 1.64. The standard InChI is InChI=1S/C16H14ClN3O5S/c1-26(24,25)19-7-6-10-8-11(2-5-14(10)19)16(21)18-12-3-4-13(17)15(9-12)20(22)23/h2-5,8-9H,6-7H2,1H3,(H,18,21). The summed E-state index contributed by atoms with van der Waals surface area (Å²) >= 11 is 5.75. The lowest BCUT2D eigenvalue weighted by atomic mass is 10.1. The van der Waals surface area contributed by atoms with E-state index in [9.17, 15) is 23.3 Å². The summed E-state index contributed by atoms with van der Waals surface area (Å²) in [6, 6.07) is 8.71. The second-order valence-electron chi connectivity index (χ2n) is 5.81. The van der Waals surface area contributed by atoms with Gasteiger partial charge in [0.15, 0.2) is 0 Å². The summed E-state index contributed by atoms with van der Waals surface area (Å²) in [7, 11) is -3.36. The Labute approximate surface area is 154 Å². The van der Waals surface area contributed by atoms with Crippen LogP contribution in [0.5, 0.6) is 0 Å². The number of nitro groups is 1. The zero-order valence-corrected chi connectivity index (χ0v) is 15.2. The minimum Gasteiger partial charge on any atom is -0.322 e. The van der Waals surface area contributed by atoms with Gasteiger partial charge in [-0.05, 0) is 42.3 Å². The monoisotopic (exact) mass is 395 g/mol. The topological polar surface area (TPSA) is 110 Å². The molecule has 0 saturated carbocycles. The van der Waals surface area contributed by atoms with Crippen molar-refractivity contribution in [2.24, 2.45) is 0 Å². The number of anilines is 2. The Hall–Kier alpha value is -2.65. The molecular formula is C16H14ClN3O5S. The van der Waals surface area contributed by atoms with E-state index in [1.807, 2.05) is 0 Å². The highest BCUT2D eigenvalue weighted by Gasteiger charge is 2.26. The van der Waals surface area contributed by atoms with Crippen LogP contribution in [-0.4, -0.2) is 32.0 Å². The average molecular weight is 396 g/mol. The molecule has 26 heavy (non-hydrogen) atoms. The Balaban J connectivity index is 1.84. The number of fused-ring (bicyclic) bond motifs is 1. The van der Waals surface area contributed by atoms with Gasteiger partial charge in [-0.25, -0.2) is 8.42 Å². The molecular weight excluding hydrogens is 382 g/mol. The molecule has 0 saturated heterocycles. The van der Waals surface area contributed by atoms with Gasteiger partial charge in [0, 0.05) is 23.9 Å². The smallest absolute Gasteiger partial charge is 0.289 e. The van der Waals surface area contributed by atoms with Crippen LogP contribution in [-0.2, 0) is 16.4 Å². The minimum atomic E-state index is -3.36. The summed E-state index contributed by atoms with van der Waals surface area (Å²) in [4.78, 5) is 22.7. The van der Waals surface area contributed by atoms with Gasteiger partial charge in [-0.3, -0.25) is 19.2 Å². The fourth-order valence-corrected chi connectivity index (χ4v) is 3.94. The number of nitro benzene ring substituents is 1. The second kappa shape index (κ2) is 6.58. The van der Waals surface area contributed by atoms with Gasteiger partial charge in [0.25, 0.3) is 11.6 Å². The number of hydrogen-bond donors (Lipinski definition) is 1. The maximum Gasteiger partial charge on any atom is 0.289 e. The first kappa shape index (κ1) is 18.2. The van der Waals surface area contributed by atoms with E-state index in [0.29, 0.717) is 24.2 Å². The van der Waals surface area contributed by atoms with Crippen LogP contribution < -0.4 is 9.62 Å². The van der Waals surface area contributed by atoms with E-state index in [2.05, 4.69) is 5.32 Å². The van der Waals surface area contributed by atoms with Crippen molar-refractivity contribution in [1.29, 1.82) is 0 Å². The number of hydrogen-bond acceptors (Lipinski definition) is 5. The molecule has 3 rings (SSSR count). The number of amides is 1. The maximum atomic E-state index is 12.4. The van der Waals surface area contributed by atoms with E-state index in [-0.39, 0.29) is 16.4 Å². The lowest BCUT2D eigenvalue weighted by Crippen LogP contribution is -2.27. The van der Waals surface area contributed by atoms with Crippen molar-refractivity contribution in [2.45, 2.75) is 6.42 Å². The minimum absolute atomic E-state index is 0.0219. The number of halogens is 1. The molecule has 1 amide bonds. The van der Waals surface area contributed by atoms with Crippen molar-refractivity contribution in [1.82, 2.24) is 0 Å². The summed E-state index contributed by atoms with van der Waals surface area (Å²) in [5.74, 6) is -0.456. The SMILES string of the molecule is CS(=O)(=O)N1CCc2cc(C(=O)Nc3ccc(Cl)c([N+](=O)[O-])c3)ccc21. The number of nitrogens with zero attached hydrogens (tertiary/aromatic N) is 2. The first-order valence-corrected chi connectivity index (χ1v) is 9.75. The van der Waals surface area contributed by atoms with Crippen molar-refractivity contribution in [3.05, 3.63) is 62.7 Å². The van der Waals surface area contributed by atoms with Crippen LogP contribution in [0.15, 0.2) is 36.4 Å². The maximum absolute atomic E-state index is 12.4. The quantitative estimate of drug-likeness (QED) is 0.632.